The number of hydrogen-bond donors (Lipinski definition) is 2. The van der Waals surface area contributed by atoms with Crippen LogP contribution in [0.4, 0.5) is 0 Å². The van der Waals surface area contributed by atoms with Crippen molar-refractivity contribution in [1.29, 1.82) is 0 Å². The maximum absolute atomic E-state index is 11.6. The second-order valence-electron chi connectivity index (χ2n) is 5.37. The topological polar surface area (TPSA) is 49.3 Å². The van der Waals surface area contributed by atoms with Crippen molar-refractivity contribution < 1.29 is 9.90 Å². The lowest BCUT2D eigenvalue weighted by Gasteiger charge is -2.25. The van der Waals surface area contributed by atoms with Gasteiger partial charge in [0.2, 0.25) is 0 Å². The molecule has 0 heterocycles. The second kappa shape index (κ2) is 7.23. The van der Waals surface area contributed by atoms with Gasteiger partial charge in [-0.1, -0.05) is 30.1 Å². The number of carboxylic acid groups (broad SMARTS) is 1. The predicted molar refractivity (Wildman–Crippen MR) is 88.6 cm³/mol. The number of benzene rings is 1. The quantitative estimate of drug-likeness (QED) is 0.797. The van der Waals surface area contributed by atoms with E-state index in [1.54, 1.807) is 23.9 Å². The monoisotopic (exact) mass is 347 g/mol. The van der Waals surface area contributed by atoms with Gasteiger partial charge in [0.1, 0.15) is 5.54 Å². The molecule has 1 aromatic carbocycles. The van der Waals surface area contributed by atoms with Crippen molar-refractivity contribution in [3.05, 3.63) is 28.2 Å². The largest absolute Gasteiger partial charge is 0.480 e. The molecule has 0 bridgehead atoms. The van der Waals surface area contributed by atoms with Crippen LogP contribution >= 0.6 is 35.0 Å². The Hall–Kier alpha value is -0.420. The number of thioether (sulfide) groups is 1. The molecule has 2 unspecified atom stereocenters. The minimum atomic E-state index is -0.793. The van der Waals surface area contributed by atoms with Crippen LogP contribution in [-0.2, 0) is 4.79 Å². The molecule has 2 atom stereocenters. The fourth-order valence-corrected chi connectivity index (χ4v) is 4.47. The van der Waals surface area contributed by atoms with Gasteiger partial charge in [0.15, 0.2) is 0 Å². The Bertz CT molecular complexity index is 526. The highest BCUT2D eigenvalue weighted by Crippen LogP contribution is 2.43. The smallest absolute Gasteiger partial charge is 0.323 e. The summed E-state index contributed by atoms with van der Waals surface area (Å²) in [6.45, 7) is 2.76. The molecule has 2 N–H and O–H groups in total. The fraction of sp³-hybridized carbons (Fsp3) is 0.533. The summed E-state index contributed by atoms with van der Waals surface area (Å²) < 4.78 is 0. The van der Waals surface area contributed by atoms with E-state index in [0.29, 0.717) is 22.9 Å². The molecule has 0 saturated heterocycles. The minimum Gasteiger partial charge on any atom is -0.480 e. The third kappa shape index (κ3) is 4.07. The molecule has 3 nitrogen and oxygen atoms in total. The van der Waals surface area contributed by atoms with E-state index in [1.165, 1.54) is 0 Å². The zero-order chi connectivity index (χ0) is 15.5. The van der Waals surface area contributed by atoms with Gasteiger partial charge in [0, 0.05) is 15.2 Å². The van der Waals surface area contributed by atoms with Crippen LogP contribution in [0.25, 0.3) is 0 Å². The zero-order valence-corrected chi connectivity index (χ0v) is 14.2. The molecule has 6 heteroatoms. The summed E-state index contributed by atoms with van der Waals surface area (Å²) in [5.41, 5.74) is -0.793. The van der Waals surface area contributed by atoms with Crippen molar-refractivity contribution in [1.82, 2.24) is 5.32 Å². The molecule has 0 amide bonds. The summed E-state index contributed by atoms with van der Waals surface area (Å²) in [5.74, 6) is -0.753. The number of carboxylic acids is 1. The number of aliphatic carboxylic acids is 1. The first-order valence-corrected chi connectivity index (χ1v) is 8.70. The molecule has 1 aromatic rings. The molecule has 116 valence electrons. The lowest BCUT2D eigenvalue weighted by molar-refractivity contribution is -0.144. The Morgan fingerprint density at radius 3 is 2.95 bits per heavy atom. The first-order chi connectivity index (χ1) is 9.97. The van der Waals surface area contributed by atoms with Crippen molar-refractivity contribution in [2.45, 2.75) is 48.3 Å². The van der Waals surface area contributed by atoms with Crippen LogP contribution in [0.5, 0.6) is 0 Å². The molecule has 21 heavy (non-hydrogen) atoms. The van der Waals surface area contributed by atoms with Gasteiger partial charge < -0.3 is 10.4 Å². The van der Waals surface area contributed by atoms with Crippen LogP contribution < -0.4 is 5.32 Å². The molecular formula is C15H19Cl2NO2S. The normalized spacial score (nSPS) is 25.2. The average molecular weight is 348 g/mol. The van der Waals surface area contributed by atoms with E-state index < -0.39 is 11.5 Å². The molecule has 0 aliphatic heterocycles. The van der Waals surface area contributed by atoms with Crippen molar-refractivity contribution in [2.24, 2.45) is 0 Å². The summed E-state index contributed by atoms with van der Waals surface area (Å²) in [7, 11) is 0. The molecule has 1 aliphatic rings. The lowest BCUT2D eigenvalue weighted by Crippen LogP contribution is -2.50. The maximum atomic E-state index is 11.6. The molecule has 1 fully saturated rings. The van der Waals surface area contributed by atoms with Crippen molar-refractivity contribution in [3.63, 3.8) is 0 Å². The van der Waals surface area contributed by atoms with E-state index in [0.717, 1.165) is 24.3 Å². The Kier molecular flexibility index (Phi) is 5.83. The average Bonchev–Trinajstić information content (AvgIpc) is 2.85. The Morgan fingerprint density at radius 1 is 1.52 bits per heavy atom. The van der Waals surface area contributed by atoms with Gasteiger partial charge in [-0.05, 0) is 50.4 Å². The van der Waals surface area contributed by atoms with E-state index in [1.807, 2.05) is 13.0 Å². The number of carbonyl (C=O) groups is 1. The van der Waals surface area contributed by atoms with Crippen LogP contribution in [-0.4, -0.2) is 28.4 Å². The van der Waals surface area contributed by atoms with Gasteiger partial charge in [-0.15, -0.1) is 11.8 Å². The van der Waals surface area contributed by atoms with Gasteiger partial charge in [0.25, 0.3) is 0 Å². The molecular weight excluding hydrogens is 329 g/mol. The van der Waals surface area contributed by atoms with Crippen LogP contribution in [0, 0.1) is 0 Å². The molecule has 2 rings (SSSR count). The fourth-order valence-electron chi connectivity index (χ4n) is 2.64. The van der Waals surface area contributed by atoms with E-state index in [2.05, 4.69) is 5.32 Å². The van der Waals surface area contributed by atoms with Crippen molar-refractivity contribution in [2.75, 3.05) is 6.54 Å². The first-order valence-electron chi connectivity index (χ1n) is 7.07. The number of nitrogens with one attached hydrogen (secondary N) is 1. The molecule has 0 spiro atoms. The summed E-state index contributed by atoms with van der Waals surface area (Å²) in [6, 6.07) is 5.38. The Labute approximate surface area is 139 Å². The van der Waals surface area contributed by atoms with Gasteiger partial charge in [-0.3, -0.25) is 4.79 Å². The van der Waals surface area contributed by atoms with Crippen LogP contribution in [0.15, 0.2) is 23.1 Å². The second-order valence-corrected chi connectivity index (χ2v) is 7.56. The third-order valence-corrected chi connectivity index (χ3v) is 5.78. The van der Waals surface area contributed by atoms with Crippen LogP contribution in [0.2, 0.25) is 10.0 Å². The summed E-state index contributed by atoms with van der Waals surface area (Å²) >= 11 is 13.8. The standard InChI is InChI=1S/C15H19Cl2NO2S/c1-2-7-18-15(14(19)20)6-5-11(9-15)21-13-8-10(16)3-4-12(13)17/h3-4,8,11,18H,2,5-7,9H2,1H3,(H,19,20). The van der Waals surface area contributed by atoms with Gasteiger partial charge >= 0.3 is 5.97 Å². The first kappa shape index (κ1) is 16.9. The number of rotatable bonds is 6. The number of hydrogen-bond acceptors (Lipinski definition) is 3. The van der Waals surface area contributed by atoms with E-state index in [-0.39, 0.29) is 5.25 Å². The van der Waals surface area contributed by atoms with E-state index >= 15 is 0 Å². The van der Waals surface area contributed by atoms with Gasteiger partial charge in [-0.2, -0.15) is 0 Å². The summed E-state index contributed by atoms with van der Waals surface area (Å²) in [6.07, 6.45) is 3.04. The Balaban J connectivity index is 2.07. The van der Waals surface area contributed by atoms with E-state index in [4.69, 9.17) is 23.2 Å². The zero-order valence-electron chi connectivity index (χ0n) is 11.9. The highest BCUT2D eigenvalue weighted by Gasteiger charge is 2.45. The maximum Gasteiger partial charge on any atom is 0.323 e. The summed E-state index contributed by atoms with van der Waals surface area (Å²) in [4.78, 5) is 12.6. The van der Waals surface area contributed by atoms with Crippen LogP contribution in [0.3, 0.4) is 0 Å². The predicted octanol–water partition coefficient (Wildman–Crippen LogP) is 4.46. The van der Waals surface area contributed by atoms with Crippen LogP contribution in [0.1, 0.15) is 32.6 Å². The molecule has 1 saturated carbocycles. The highest BCUT2D eigenvalue weighted by atomic mass is 35.5. The number of halogens is 2. The highest BCUT2D eigenvalue weighted by molar-refractivity contribution is 8.00. The molecule has 1 aliphatic carbocycles. The lowest BCUT2D eigenvalue weighted by atomic mass is 9.98. The SMILES string of the molecule is CCCNC1(C(=O)O)CCC(Sc2cc(Cl)ccc2Cl)C1. The Morgan fingerprint density at radius 2 is 2.29 bits per heavy atom. The van der Waals surface area contributed by atoms with Crippen molar-refractivity contribution >= 4 is 40.9 Å². The minimum absolute atomic E-state index is 0.237. The van der Waals surface area contributed by atoms with Gasteiger partial charge in [-0.25, -0.2) is 0 Å². The van der Waals surface area contributed by atoms with E-state index in [9.17, 15) is 9.90 Å². The van der Waals surface area contributed by atoms with Gasteiger partial charge in [0.05, 0.1) is 5.02 Å². The third-order valence-electron chi connectivity index (χ3n) is 3.78. The molecule has 0 aromatic heterocycles. The molecule has 0 radical (unpaired) electrons. The van der Waals surface area contributed by atoms with Crippen molar-refractivity contribution in [3.8, 4) is 0 Å². The summed E-state index contributed by atoms with van der Waals surface area (Å²) in [5, 5.41) is 14.3.